The maximum atomic E-state index is 11.5. The van der Waals surface area contributed by atoms with Crippen LogP contribution >= 0.6 is 0 Å². The van der Waals surface area contributed by atoms with Crippen molar-refractivity contribution in [2.45, 2.75) is 120 Å². The molecule has 5 aliphatic carbocycles. The Kier molecular flexibility index (Phi) is 10.1. The summed E-state index contributed by atoms with van der Waals surface area (Å²) in [5.41, 5.74) is 3.83. The summed E-state index contributed by atoms with van der Waals surface area (Å²) in [5, 5.41) is 18.8. The first-order valence-corrected chi connectivity index (χ1v) is 17.7. The maximum absolute atomic E-state index is 11.5. The van der Waals surface area contributed by atoms with Crippen molar-refractivity contribution in [3.63, 3.8) is 0 Å². The van der Waals surface area contributed by atoms with E-state index in [2.05, 4.69) is 53.3 Å². The van der Waals surface area contributed by atoms with Crippen LogP contribution in [0.25, 0.3) is 5.57 Å². The molecule has 6 rings (SSSR count). The first kappa shape index (κ1) is 35.2. The molecular weight excluding hydrogens is 556 g/mol. The van der Waals surface area contributed by atoms with Gasteiger partial charge in [0.15, 0.2) is 0 Å². The van der Waals surface area contributed by atoms with Gasteiger partial charge < -0.3 is 10.2 Å². The number of hydrogen-bond donors (Lipinski definition) is 2. The number of carboxylic acids is 2. The van der Waals surface area contributed by atoms with Crippen LogP contribution in [0.1, 0.15) is 136 Å². The predicted molar refractivity (Wildman–Crippen MR) is 186 cm³/mol. The van der Waals surface area contributed by atoms with Crippen LogP contribution in [0.5, 0.6) is 0 Å². The molecule has 0 radical (unpaired) electrons. The second-order valence-corrected chi connectivity index (χ2v) is 15.9. The van der Waals surface area contributed by atoms with Crippen LogP contribution in [0.2, 0.25) is 0 Å². The molecule has 4 fully saturated rings. The van der Waals surface area contributed by atoms with E-state index in [-0.39, 0.29) is 21.7 Å². The van der Waals surface area contributed by atoms with E-state index in [1.807, 2.05) is 32.9 Å². The Hall–Kier alpha value is -2.62. The van der Waals surface area contributed by atoms with E-state index in [0.29, 0.717) is 34.7 Å². The molecule has 0 heterocycles. The zero-order valence-corrected chi connectivity index (χ0v) is 29.4. The number of hydrogen-bond acceptors (Lipinski definition) is 2. The van der Waals surface area contributed by atoms with Gasteiger partial charge in [0.2, 0.25) is 0 Å². The number of benzene rings is 1. The summed E-state index contributed by atoms with van der Waals surface area (Å²) >= 11 is 0. The fourth-order valence-corrected chi connectivity index (χ4v) is 12.0. The summed E-state index contributed by atoms with van der Waals surface area (Å²) < 4.78 is 0. The van der Waals surface area contributed by atoms with E-state index < -0.39 is 11.9 Å². The minimum Gasteiger partial charge on any atom is -0.478 e. The fourth-order valence-electron chi connectivity index (χ4n) is 12.0. The first-order chi connectivity index (χ1) is 21.2. The summed E-state index contributed by atoms with van der Waals surface area (Å²) in [6, 6.07) is 7.52. The molecule has 5 aliphatic rings. The van der Waals surface area contributed by atoms with Crippen LogP contribution < -0.4 is 0 Å². The Balaban J connectivity index is 0.000000871. The predicted octanol–water partition coefficient (Wildman–Crippen LogP) is 11.1. The van der Waals surface area contributed by atoms with E-state index in [1.165, 1.54) is 62.2 Å². The molecule has 8 atom stereocenters. The third-order valence-corrected chi connectivity index (χ3v) is 14.0. The van der Waals surface area contributed by atoms with Crippen molar-refractivity contribution in [3.8, 4) is 0 Å². The van der Waals surface area contributed by atoms with E-state index >= 15 is 0 Å². The number of carbonyl (C=O) groups is 2. The van der Waals surface area contributed by atoms with E-state index in [9.17, 15) is 19.8 Å². The van der Waals surface area contributed by atoms with Crippen LogP contribution in [-0.4, -0.2) is 22.2 Å². The van der Waals surface area contributed by atoms with Gasteiger partial charge in [0.05, 0.1) is 5.56 Å². The zero-order chi connectivity index (χ0) is 33.4. The second-order valence-electron chi connectivity index (χ2n) is 15.9. The molecule has 1 aromatic carbocycles. The lowest BCUT2D eigenvalue weighted by molar-refractivity contribution is -0.218. The highest BCUT2D eigenvalue weighted by Gasteiger charge is 2.69. The number of fused-ring (bicyclic) bond motifs is 7. The molecule has 1 aromatic rings. The van der Waals surface area contributed by atoms with Crippen LogP contribution in [-0.2, 0) is 4.79 Å². The van der Waals surface area contributed by atoms with Crippen molar-refractivity contribution < 1.29 is 19.8 Å². The highest BCUT2D eigenvalue weighted by molar-refractivity contribution is 5.88. The number of allylic oxidation sites excluding steroid dienone is 4. The van der Waals surface area contributed by atoms with Gasteiger partial charge in [-0.3, -0.25) is 0 Å². The Bertz CT molecular complexity index is 1320. The zero-order valence-electron chi connectivity index (χ0n) is 29.4. The average molecular weight is 617 g/mol. The molecule has 4 heteroatoms. The van der Waals surface area contributed by atoms with Crippen LogP contribution in [0.3, 0.4) is 0 Å². The maximum Gasteiger partial charge on any atom is 0.335 e. The molecule has 2 N–H and O–H groups in total. The SMILES string of the molecule is C=CC.CC.CC1(C)C(c2ccc(C(=O)O)cc2)=CC[C@@]2(C)C1CC[C@]1(C)C2CC[C@@H]2[C@H]3CCC[C@]3(/C=C/C(=O)O)CC[C@]21C. The van der Waals surface area contributed by atoms with Crippen molar-refractivity contribution in [1.29, 1.82) is 0 Å². The lowest BCUT2D eigenvalue weighted by atomic mass is 9.32. The standard InChI is InChI=1S/C36H48O4.C3H6.C2H6/c1-32(2)25(23-8-10-24(11-9-23)31(39)40)14-18-33(3)28(32)15-19-35(5)29(33)13-12-26-27-7-6-17-36(27,20-16-30(37)38)22-21-34(26,35)4;1-3-2;1-2/h8-11,14,16,20,26-29H,6-7,12-13,15,17-19,21-22H2,1-5H3,(H,37,38)(H,39,40);3H,1H2,2H3;1-2H3/b20-16+;;/t26-,27-,28?,29?,33+,34-,35-,36+;;/m1../s1. The third kappa shape index (κ3) is 5.57. The lowest BCUT2D eigenvalue weighted by Gasteiger charge is -2.72. The van der Waals surface area contributed by atoms with Crippen molar-refractivity contribution in [1.82, 2.24) is 0 Å². The van der Waals surface area contributed by atoms with Crippen molar-refractivity contribution in [2.75, 3.05) is 0 Å². The molecule has 2 unspecified atom stereocenters. The molecule has 0 bridgehead atoms. The minimum absolute atomic E-state index is 0.0195. The molecular formula is C41H60O4. The molecule has 0 spiro atoms. The molecule has 0 saturated heterocycles. The average Bonchev–Trinajstić information content (AvgIpc) is 3.42. The minimum atomic E-state index is -0.873. The molecule has 0 aliphatic heterocycles. The van der Waals surface area contributed by atoms with Gasteiger partial charge in [-0.25, -0.2) is 9.59 Å². The van der Waals surface area contributed by atoms with Crippen LogP contribution in [0, 0.1) is 50.7 Å². The van der Waals surface area contributed by atoms with Gasteiger partial charge in [0.25, 0.3) is 0 Å². The van der Waals surface area contributed by atoms with Gasteiger partial charge in [0.1, 0.15) is 0 Å². The van der Waals surface area contributed by atoms with Gasteiger partial charge >= 0.3 is 11.9 Å². The summed E-state index contributed by atoms with van der Waals surface area (Å²) in [7, 11) is 0. The molecule has 248 valence electrons. The Labute approximate surface area is 273 Å². The molecule has 0 aromatic heterocycles. The van der Waals surface area contributed by atoms with E-state index in [1.54, 1.807) is 18.2 Å². The molecule has 4 saturated carbocycles. The number of aliphatic carboxylic acids is 1. The van der Waals surface area contributed by atoms with E-state index in [4.69, 9.17) is 0 Å². The van der Waals surface area contributed by atoms with Gasteiger partial charge in [0, 0.05) is 6.08 Å². The van der Waals surface area contributed by atoms with Gasteiger partial charge in [-0.15, -0.1) is 6.58 Å². The second kappa shape index (κ2) is 12.9. The van der Waals surface area contributed by atoms with Gasteiger partial charge in [-0.05, 0) is 139 Å². The van der Waals surface area contributed by atoms with Crippen molar-refractivity contribution >= 4 is 17.5 Å². The first-order valence-electron chi connectivity index (χ1n) is 17.7. The number of aromatic carboxylic acids is 1. The Morgan fingerprint density at radius 2 is 1.47 bits per heavy atom. The fraction of sp³-hybridized carbons (Fsp3) is 0.659. The molecule has 0 amide bonds. The number of rotatable bonds is 4. The van der Waals surface area contributed by atoms with Crippen LogP contribution in [0.4, 0.5) is 0 Å². The van der Waals surface area contributed by atoms with Crippen molar-refractivity contribution in [2.24, 2.45) is 50.7 Å². The molecule has 4 nitrogen and oxygen atoms in total. The quantitative estimate of drug-likeness (QED) is 0.261. The Morgan fingerprint density at radius 3 is 2.07 bits per heavy atom. The topological polar surface area (TPSA) is 74.6 Å². The number of carboxylic acid groups (broad SMARTS) is 2. The highest BCUT2D eigenvalue weighted by Crippen LogP contribution is 2.77. The lowest BCUT2D eigenvalue weighted by Crippen LogP contribution is -2.64. The van der Waals surface area contributed by atoms with Gasteiger partial charge in [-0.2, -0.15) is 0 Å². The van der Waals surface area contributed by atoms with E-state index in [0.717, 1.165) is 19.3 Å². The van der Waals surface area contributed by atoms with Crippen LogP contribution in [0.15, 0.2) is 55.1 Å². The third-order valence-electron chi connectivity index (χ3n) is 14.0. The monoisotopic (exact) mass is 616 g/mol. The molecule has 45 heavy (non-hydrogen) atoms. The Morgan fingerprint density at radius 1 is 0.822 bits per heavy atom. The largest absolute Gasteiger partial charge is 0.478 e. The van der Waals surface area contributed by atoms with Gasteiger partial charge in [-0.1, -0.05) is 85.2 Å². The highest BCUT2D eigenvalue weighted by atomic mass is 16.4. The summed E-state index contributed by atoms with van der Waals surface area (Å²) in [6.45, 7) is 22.0. The van der Waals surface area contributed by atoms with Crippen molar-refractivity contribution in [3.05, 3.63) is 66.3 Å². The summed E-state index contributed by atoms with van der Waals surface area (Å²) in [6.07, 6.45) is 20.0. The summed E-state index contributed by atoms with van der Waals surface area (Å²) in [5.74, 6) is 0.884. The smallest absolute Gasteiger partial charge is 0.335 e. The summed E-state index contributed by atoms with van der Waals surface area (Å²) in [4.78, 5) is 22.9. The normalized spacial score (nSPS) is 39.2.